The van der Waals surface area contributed by atoms with Crippen LogP contribution in [0.15, 0.2) is 48.8 Å². The predicted octanol–water partition coefficient (Wildman–Crippen LogP) is 2.12. The van der Waals surface area contributed by atoms with E-state index in [2.05, 4.69) is 14.9 Å². The van der Waals surface area contributed by atoms with Gasteiger partial charge in [-0.15, -0.1) is 11.3 Å². The number of likely N-dealkylation sites (N-methyl/N-ethyl adjacent to an activating group) is 1. The van der Waals surface area contributed by atoms with Crippen LogP contribution in [-0.4, -0.2) is 70.6 Å². The topological polar surface area (TPSA) is 109 Å². The largest absolute Gasteiger partial charge is 0.364 e. The van der Waals surface area contributed by atoms with Gasteiger partial charge < -0.3 is 15.5 Å². The van der Waals surface area contributed by atoms with Crippen molar-refractivity contribution in [2.45, 2.75) is 6.42 Å². The van der Waals surface area contributed by atoms with Gasteiger partial charge in [0.2, 0.25) is 0 Å². The highest BCUT2D eigenvalue weighted by Gasteiger charge is 2.22. The number of amides is 2. The van der Waals surface area contributed by atoms with Crippen LogP contribution in [0.2, 0.25) is 0 Å². The second-order valence-corrected chi connectivity index (χ2v) is 8.75. The quantitative estimate of drug-likeness (QED) is 0.578. The van der Waals surface area contributed by atoms with E-state index < -0.39 is 5.91 Å². The van der Waals surface area contributed by atoms with Gasteiger partial charge in [-0.2, -0.15) is 0 Å². The van der Waals surface area contributed by atoms with Crippen LogP contribution in [0.3, 0.4) is 0 Å². The lowest BCUT2D eigenvalue weighted by Crippen LogP contribution is -2.47. The lowest BCUT2D eigenvalue weighted by Gasteiger charge is -2.32. The molecule has 8 nitrogen and oxygen atoms in total. The predicted molar refractivity (Wildman–Crippen MR) is 122 cm³/mol. The zero-order valence-electron chi connectivity index (χ0n) is 17.7. The number of aromatic nitrogens is 2. The summed E-state index contributed by atoms with van der Waals surface area (Å²) < 4.78 is 0. The van der Waals surface area contributed by atoms with Gasteiger partial charge in [-0.1, -0.05) is 12.1 Å². The Hall–Kier alpha value is -3.43. The normalized spacial score (nSPS) is 14.3. The van der Waals surface area contributed by atoms with Crippen LogP contribution < -0.4 is 5.73 Å². The highest BCUT2D eigenvalue weighted by atomic mass is 32.1. The molecule has 0 saturated carbocycles. The number of benzene rings is 1. The van der Waals surface area contributed by atoms with E-state index >= 15 is 0 Å². The molecule has 9 heteroatoms. The number of rotatable bonds is 6. The SMILES string of the molecule is CN1CCN(C(=O)c2ccc(C(=O)Cc3sc(-c4ccncc4)nc3C(N)=O)cc2)CC1. The van der Waals surface area contributed by atoms with Crippen LogP contribution in [-0.2, 0) is 6.42 Å². The molecule has 2 aromatic heterocycles. The Labute approximate surface area is 189 Å². The maximum Gasteiger partial charge on any atom is 0.268 e. The van der Waals surface area contributed by atoms with Gasteiger partial charge in [0.15, 0.2) is 5.78 Å². The summed E-state index contributed by atoms with van der Waals surface area (Å²) in [6.07, 6.45) is 3.28. The molecular weight excluding hydrogens is 426 g/mol. The van der Waals surface area contributed by atoms with Crippen LogP contribution >= 0.6 is 11.3 Å². The van der Waals surface area contributed by atoms with Gasteiger partial charge in [-0.25, -0.2) is 4.98 Å². The standard InChI is InChI=1S/C23H23N5O3S/c1-27-10-12-28(13-11-27)23(31)17-4-2-15(3-5-17)18(29)14-19-20(21(24)30)26-22(32-19)16-6-8-25-9-7-16/h2-9H,10-14H2,1H3,(H2,24,30). The molecule has 3 aromatic rings. The number of carbonyl (C=O) groups excluding carboxylic acids is 3. The Balaban J connectivity index is 1.49. The molecule has 164 valence electrons. The number of hydrogen-bond donors (Lipinski definition) is 1. The maximum atomic E-state index is 12.9. The number of nitrogens with two attached hydrogens (primary N) is 1. The fourth-order valence-electron chi connectivity index (χ4n) is 3.52. The van der Waals surface area contributed by atoms with E-state index in [1.54, 1.807) is 48.8 Å². The number of hydrogen-bond acceptors (Lipinski definition) is 7. The Morgan fingerprint density at radius 3 is 2.22 bits per heavy atom. The van der Waals surface area contributed by atoms with Crippen molar-refractivity contribution >= 4 is 28.9 Å². The van der Waals surface area contributed by atoms with Gasteiger partial charge in [0, 0.05) is 66.6 Å². The van der Waals surface area contributed by atoms with E-state index in [0.717, 1.165) is 18.7 Å². The van der Waals surface area contributed by atoms with E-state index in [4.69, 9.17) is 5.73 Å². The first-order chi connectivity index (χ1) is 15.4. The molecule has 0 aliphatic carbocycles. The Morgan fingerprint density at radius 1 is 0.969 bits per heavy atom. The van der Waals surface area contributed by atoms with Crippen molar-refractivity contribution < 1.29 is 14.4 Å². The molecule has 1 saturated heterocycles. The van der Waals surface area contributed by atoms with Crippen molar-refractivity contribution in [3.05, 3.63) is 70.5 Å². The van der Waals surface area contributed by atoms with E-state index in [1.807, 2.05) is 11.9 Å². The molecule has 4 rings (SSSR count). The number of ketones is 1. The van der Waals surface area contributed by atoms with Gasteiger partial charge in [-0.3, -0.25) is 19.4 Å². The van der Waals surface area contributed by atoms with Gasteiger partial charge in [0.1, 0.15) is 10.7 Å². The molecule has 0 spiro atoms. The van der Waals surface area contributed by atoms with Crippen LogP contribution in [0, 0.1) is 0 Å². The third-order valence-corrected chi connectivity index (χ3v) is 6.53. The first-order valence-electron chi connectivity index (χ1n) is 10.2. The molecule has 32 heavy (non-hydrogen) atoms. The number of pyridine rings is 1. The van der Waals surface area contributed by atoms with Crippen molar-refractivity contribution in [1.82, 2.24) is 19.8 Å². The summed E-state index contributed by atoms with van der Waals surface area (Å²) >= 11 is 1.27. The second-order valence-electron chi connectivity index (χ2n) is 7.66. The van der Waals surface area contributed by atoms with Crippen LogP contribution in [0.1, 0.15) is 36.1 Å². The van der Waals surface area contributed by atoms with E-state index in [1.165, 1.54) is 11.3 Å². The van der Waals surface area contributed by atoms with Crippen molar-refractivity contribution in [1.29, 1.82) is 0 Å². The number of thiazole rings is 1. The van der Waals surface area contributed by atoms with E-state index in [-0.39, 0.29) is 23.8 Å². The first-order valence-corrected chi connectivity index (χ1v) is 11.0. The number of nitrogens with zero attached hydrogens (tertiary/aromatic N) is 4. The van der Waals surface area contributed by atoms with Crippen molar-refractivity contribution in [3.63, 3.8) is 0 Å². The van der Waals surface area contributed by atoms with Gasteiger partial charge >= 0.3 is 0 Å². The minimum Gasteiger partial charge on any atom is -0.364 e. The van der Waals surface area contributed by atoms with Gasteiger partial charge in [-0.05, 0) is 31.3 Å². The highest BCUT2D eigenvalue weighted by Crippen LogP contribution is 2.29. The molecule has 1 aliphatic rings. The average molecular weight is 450 g/mol. The Morgan fingerprint density at radius 2 is 1.59 bits per heavy atom. The summed E-state index contributed by atoms with van der Waals surface area (Å²) in [6, 6.07) is 10.2. The zero-order valence-corrected chi connectivity index (χ0v) is 18.5. The summed E-state index contributed by atoms with van der Waals surface area (Å²) in [6.45, 7) is 3.08. The van der Waals surface area contributed by atoms with Gasteiger partial charge in [0.25, 0.3) is 11.8 Å². The summed E-state index contributed by atoms with van der Waals surface area (Å²) in [5, 5.41) is 0.608. The summed E-state index contributed by atoms with van der Waals surface area (Å²) in [4.78, 5) is 50.3. The molecule has 2 amide bonds. The summed E-state index contributed by atoms with van der Waals surface area (Å²) in [5.74, 6) is -0.869. The molecule has 2 N–H and O–H groups in total. The average Bonchev–Trinajstić information content (AvgIpc) is 3.24. The zero-order chi connectivity index (χ0) is 22.7. The monoisotopic (exact) mass is 449 g/mol. The molecule has 3 heterocycles. The summed E-state index contributed by atoms with van der Waals surface area (Å²) in [5.41, 5.74) is 7.43. The number of Topliss-reactive ketones (excluding diaryl/α,β-unsaturated/α-hetero) is 1. The van der Waals surface area contributed by atoms with Crippen molar-refractivity contribution in [2.24, 2.45) is 5.73 Å². The maximum absolute atomic E-state index is 12.9. The third kappa shape index (κ3) is 4.74. The lowest BCUT2D eigenvalue weighted by atomic mass is 10.0. The fourth-order valence-corrected chi connectivity index (χ4v) is 4.59. The minimum absolute atomic E-state index is 0.00672. The van der Waals surface area contributed by atoms with Crippen molar-refractivity contribution in [2.75, 3.05) is 33.2 Å². The van der Waals surface area contributed by atoms with Crippen LogP contribution in [0.4, 0.5) is 0 Å². The van der Waals surface area contributed by atoms with E-state index in [9.17, 15) is 14.4 Å². The minimum atomic E-state index is -0.669. The Kier molecular flexibility index (Phi) is 6.38. The van der Waals surface area contributed by atoms with Gasteiger partial charge in [0.05, 0.1) is 0 Å². The molecule has 1 aromatic carbocycles. The fraction of sp³-hybridized carbons (Fsp3) is 0.261. The second kappa shape index (κ2) is 9.37. The third-order valence-electron chi connectivity index (χ3n) is 5.42. The highest BCUT2D eigenvalue weighted by molar-refractivity contribution is 7.15. The van der Waals surface area contributed by atoms with Crippen LogP contribution in [0.5, 0.6) is 0 Å². The van der Waals surface area contributed by atoms with Crippen molar-refractivity contribution in [3.8, 4) is 10.6 Å². The number of primary amides is 1. The molecule has 0 radical (unpaired) electrons. The van der Waals surface area contributed by atoms with Crippen LogP contribution in [0.25, 0.3) is 10.6 Å². The molecular formula is C23H23N5O3S. The number of piperazine rings is 1. The lowest BCUT2D eigenvalue weighted by molar-refractivity contribution is 0.0663. The molecule has 0 unspecified atom stereocenters. The summed E-state index contributed by atoms with van der Waals surface area (Å²) in [7, 11) is 2.04. The number of carbonyl (C=O) groups is 3. The molecule has 0 bridgehead atoms. The smallest absolute Gasteiger partial charge is 0.268 e. The van der Waals surface area contributed by atoms with E-state index in [0.29, 0.717) is 34.1 Å². The first kappa shape index (κ1) is 21.8. The Bertz CT molecular complexity index is 1140. The molecule has 1 aliphatic heterocycles. The molecule has 1 fully saturated rings. The molecule has 0 atom stereocenters.